The van der Waals surface area contributed by atoms with E-state index in [9.17, 15) is 18.0 Å². The minimum absolute atomic E-state index is 0.0336. The van der Waals surface area contributed by atoms with Crippen LogP contribution in [0.2, 0.25) is 0 Å². The molecule has 1 aliphatic carbocycles. The largest absolute Gasteiger partial charge is 0.493 e. The Labute approximate surface area is 262 Å². The minimum atomic E-state index is -4.21. The fourth-order valence-corrected chi connectivity index (χ4v) is 7.01. The van der Waals surface area contributed by atoms with Gasteiger partial charge in [-0.1, -0.05) is 58.6 Å². The van der Waals surface area contributed by atoms with Crippen LogP contribution in [0.3, 0.4) is 0 Å². The van der Waals surface area contributed by atoms with Gasteiger partial charge in [0.25, 0.3) is 10.0 Å². The molecule has 1 N–H and O–H groups in total. The van der Waals surface area contributed by atoms with Gasteiger partial charge in [0.15, 0.2) is 11.5 Å². The van der Waals surface area contributed by atoms with Crippen LogP contribution in [-0.2, 0) is 26.2 Å². The molecule has 43 heavy (non-hydrogen) atoms. The first-order chi connectivity index (χ1) is 20.5. The van der Waals surface area contributed by atoms with Crippen LogP contribution in [0.15, 0.2) is 76.1 Å². The molecule has 3 aromatic rings. The first kappa shape index (κ1) is 32.3. The summed E-state index contributed by atoms with van der Waals surface area (Å²) in [4.78, 5) is 29.0. The number of hydrogen-bond donors (Lipinski definition) is 1. The van der Waals surface area contributed by atoms with E-state index in [1.165, 1.54) is 37.3 Å². The van der Waals surface area contributed by atoms with E-state index in [2.05, 4.69) is 21.2 Å². The lowest BCUT2D eigenvalue weighted by molar-refractivity contribution is -0.139. The monoisotopic (exact) mass is 671 g/mol. The molecule has 230 valence electrons. The van der Waals surface area contributed by atoms with Crippen molar-refractivity contribution in [2.45, 2.75) is 63.1 Å². The van der Waals surface area contributed by atoms with Crippen LogP contribution in [0.1, 0.15) is 43.7 Å². The van der Waals surface area contributed by atoms with Crippen LogP contribution >= 0.6 is 15.9 Å². The number of carbonyl (C=O) groups excluding carboxylic acids is 2. The van der Waals surface area contributed by atoms with Crippen LogP contribution in [-0.4, -0.2) is 58.0 Å². The number of ether oxygens (including phenoxy) is 2. The summed E-state index contributed by atoms with van der Waals surface area (Å²) < 4.78 is 40.8. The summed E-state index contributed by atoms with van der Waals surface area (Å²) in [6, 6.07) is 17.8. The van der Waals surface area contributed by atoms with Crippen LogP contribution in [0.5, 0.6) is 11.5 Å². The molecule has 9 nitrogen and oxygen atoms in total. The summed E-state index contributed by atoms with van der Waals surface area (Å²) in [7, 11) is -1.27. The SMILES string of the molecule is COc1ccc(N(CC(=O)N(Cc2cccc(Br)c2)C(C)C(=O)NC2CCCC2)S(=O)(=O)c2ccc(C)cc2)cc1OC. The number of amides is 2. The Balaban J connectivity index is 1.73. The number of hydrogen-bond acceptors (Lipinski definition) is 6. The van der Waals surface area contributed by atoms with Gasteiger partial charge in [0.1, 0.15) is 12.6 Å². The maximum atomic E-state index is 14.2. The van der Waals surface area contributed by atoms with Crippen molar-refractivity contribution in [3.8, 4) is 11.5 Å². The number of carbonyl (C=O) groups is 2. The van der Waals surface area contributed by atoms with Gasteiger partial charge in [-0.2, -0.15) is 0 Å². The van der Waals surface area contributed by atoms with Gasteiger partial charge in [0.2, 0.25) is 11.8 Å². The third-order valence-corrected chi connectivity index (χ3v) is 9.94. The van der Waals surface area contributed by atoms with E-state index in [-0.39, 0.29) is 29.1 Å². The highest BCUT2D eigenvalue weighted by molar-refractivity contribution is 9.10. The number of sulfonamides is 1. The smallest absolute Gasteiger partial charge is 0.264 e. The van der Waals surface area contributed by atoms with E-state index in [4.69, 9.17) is 9.47 Å². The summed E-state index contributed by atoms with van der Waals surface area (Å²) in [5, 5.41) is 3.08. The first-order valence-electron chi connectivity index (χ1n) is 14.2. The van der Waals surface area contributed by atoms with Gasteiger partial charge >= 0.3 is 0 Å². The molecule has 0 spiro atoms. The molecule has 4 rings (SSSR count). The minimum Gasteiger partial charge on any atom is -0.493 e. The zero-order chi connectivity index (χ0) is 31.1. The van der Waals surface area contributed by atoms with Crippen molar-refractivity contribution >= 4 is 43.5 Å². The van der Waals surface area contributed by atoms with E-state index < -0.39 is 28.5 Å². The van der Waals surface area contributed by atoms with Gasteiger partial charge in [0.05, 0.1) is 24.8 Å². The summed E-state index contributed by atoms with van der Waals surface area (Å²) in [5.41, 5.74) is 1.91. The van der Waals surface area contributed by atoms with Crippen molar-refractivity contribution < 1.29 is 27.5 Å². The number of benzene rings is 3. The van der Waals surface area contributed by atoms with Gasteiger partial charge in [-0.25, -0.2) is 8.42 Å². The molecule has 0 radical (unpaired) electrons. The zero-order valence-electron chi connectivity index (χ0n) is 24.9. The highest BCUT2D eigenvalue weighted by atomic mass is 79.9. The molecule has 2 amide bonds. The Bertz CT molecular complexity index is 1540. The molecule has 1 aliphatic rings. The van der Waals surface area contributed by atoms with E-state index in [0.717, 1.165) is 45.6 Å². The standard InChI is InChI=1S/C32H38BrN3O6S/c1-22-12-15-28(16-13-22)43(39,40)36(27-14-17-29(41-3)30(19-27)42-4)21-31(37)35(20-24-8-7-9-25(33)18-24)23(2)32(38)34-26-10-5-6-11-26/h7-9,12-19,23,26H,5-6,10-11,20-21H2,1-4H3,(H,34,38). The number of anilines is 1. The molecule has 1 fully saturated rings. The zero-order valence-corrected chi connectivity index (χ0v) is 27.3. The number of methoxy groups -OCH3 is 2. The predicted molar refractivity (Wildman–Crippen MR) is 170 cm³/mol. The van der Waals surface area contributed by atoms with Crippen molar-refractivity contribution in [3.05, 3.63) is 82.3 Å². The van der Waals surface area contributed by atoms with E-state index in [1.54, 1.807) is 31.2 Å². The second-order valence-corrected chi connectivity index (χ2v) is 13.5. The number of aryl methyl sites for hydroxylation is 1. The number of halogens is 1. The molecule has 0 aromatic heterocycles. The topological polar surface area (TPSA) is 105 Å². The van der Waals surface area contributed by atoms with Crippen LogP contribution < -0.4 is 19.1 Å². The lowest BCUT2D eigenvalue weighted by Crippen LogP contribution is -2.52. The second kappa shape index (κ2) is 14.3. The maximum absolute atomic E-state index is 14.2. The molecule has 1 atom stereocenters. The average molecular weight is 673 g/mol. The summed E-state index contributed by atoms with van der Waals surface area (Å²) in [5.74, 6) is -0.0700. The fourth-order valence-electron chi connectivity index (χ4n) is 5.15. The van der Waals surface area contributed by atoms with E-state index >= 15 is 0 Å². The van der Waals surface area contributed by atoms with Crippen LogP contribution in [0.4, 0.5) is 5.69 Å². The third kappa shape index (κ3) is 7.88. The lowest BCUT2D eigenvalue weighted by atomic mass is 10.1. The molecule has 11 heteroatoms. The highest BCUT2D eigenvalue weighted by Gasteiger charge is 2.33. The molecular formula is C32H38BrN3O6S. The van der Waals surface area contributed by atoms with Gasteiger partial charge in [-0.15, -0.1) is 0 Å². The van der Waals surface area contributed by atoms with Crippen molar-refractivity contribution in [2.75, 3.05) is 25.1 Å². The molecule has 0 bridgehead atoms. The van der Waals surface area contributed by atoms with E-state index in [1.807, 2.05) is 31.2 Å². The summed E-state index contributed by atoms with van der Waals surface area (Å²) in [6.45, 7) is 3.11. The van der Waals surface area contributed by atoms with Gasteiger partial charge < -0.3 is 19.7 Å². The Morgan fingerprint density at radius 3 is 2.28 bits per heavy atom. The average Bonchev–Trinajstić information content (AvgIpc) is 3.51. The molecule has 0 aliphatic heterocycles. The fraction of sp³-hybridized carbons (Fsp3) is 0.375. The third-order valence-electron chi connectivity index (χ3n) is 7.65. The van der Waals surface area contributed by atoms with Crippen LogP contribution in [0, 0.1) is 6.92 Å². The Morgan fingerprint density at radius 1 is 0.977 bits per heavy atom. The lowest BCUT2D eigenvalue weighted by Gasteiger charge is -2.32. The second-order valence-electron chi connectivity index (χ2n) is 10.7. The summed E-state index contributed by atoms with van der Waals surface area (Å²) >= 11 is 3.47. The van der Waals surface area contributed by atoms with Gasteiger partial charge in [0, 0.05) is 23.1 Å². The van der Waals surface area contributed by atoms with Crippen molar-refractivity contribution in [3.63, 3.8) is 0 Å². The van der Waals surface area contributed by atoms with Gasteiger partial charge in [-0.05, 0) is 68.7 Å². The van der Waals surface area contributed by atoms with Crippen molar-refractivity contribution in [1.29, 1.82) is 0 Å². The van der Waals surface area contributed by atoms with Crippen LogP contribution in [0.25, 0.3) is 0 Å². The molecule has 1 saturated carbocycles. The number of rotatable bonds is 12. The van der Waals surface area contributed by atoms with Crippen molar-refractivity contribution in [2.24, 2.45) is 0 Å². The summed E-state index contributed by atoms with van der Waals surface area (Å²) in [6.07, 6.45) is 3.91. The predicted octanol–water partition coefficient (Wildman–Crippen LogP) is 5.45. The molecule has 0 saturated heterocycles. The van der Waals surface area contributed by atoms with Crippen molar-refractivity contribution in [1.82, 2.24) is 10.2 Å². The normalized spacial score (nSPS) is 14.2. The number of nitrogens with zero attached hydrogens (tertiary/aromatic N) is 2. The van der Waals surface area contributed by atoms with Gasteiger partial charge in [-0.3, -0.25) is 13.9 Å². The number of nitrogens with one attached hydrogen (secondary N) is 1. The first-order valence-corrected chi connectivity index (χ1v) is 16.4. The highest BCUT2D eigenvalue weighted by Crippen LogP contribution is 2.34. The van der Waals surface area contributed by atoms with E-state index in [0.29, 0.717) is 11.5 Å². The Hall–Kier alpha value is -3.57. The molecular weight excluding hydrogens is 634 g/mol. The molecule has 1 unspecified atom stereocenters. The molecule has 3 aromatic carbocycles. The molecule has 0 heterocycles. The Morgan fingerprint density at radius 2 is 1.65 bits per heavy atom. The maximum Gasteiger partial charge on any atom is 0.264 e. The Kier molecular flexibility index (Phi) is 10.7. The quantitative estimate of drug-likeness (QED) is 0.275.